The number of ether oxygens (including phenoxy) is 1. The Hall–Kier alpha value is -1.03. The molecular weight excluding hydrogens is 190 g/mol. The Kier molecular flexibility index (Phi) is 4.62. The highest BCUT2D eigenvalue weighted by molar-refractivity contribution is 5.28. The van der Waals surface area contributed by atoms with Gasteiger partial charge < -0.3 is 14.6 Å². The first-order valence-corrected chi connectivity index (χ1v) is 5.56. The average Bonchev–Trinajstić information content (AvgIpc) is 2.56. The van der Waals surface area contributed by atoms with Crippen LogP contribution in [-0.2, 0) is 11.3 Å². The molecule has 0 aliphatic carbocycles. The third-order valence-corrected chi connectivity index (χ3v) is 2.24. The molecule has 0 spiro atoms. The summed E-state index contributed by atoms with van der Waals surface area (Å²) in [6.07, 6.45) is 2.27. The van der Waals surface area contributed by atoms with Crippen LogP contribution < -0.4 is 5.32 Å². The van der Waals surface area contributed by atoms with Gasteiger partial charge in [-0.2, -0.15) is 0 Å². The van der Waals surface area contributed by atoms with Crippen LogP contribution in [0.2, 0.25) is 0 Å². The molecule has 1 heterocycles. The van der Waals surface area contributed by atoms with Crippen LogP contribution in [0.5, 0.6) is 0 Å². The molecule has 0 aliphatic heterocycles. The van der Waals surface area contributed by atoms with Crippen LogP contribution in [0, 0.1) is 6.92 Å². The first-order chi connectivity index (χ1) is 7.17. The monoisotopic (exact) mass is 211 g/mol. The van der Waals surface area contributed by atoms with Crippen molar-refractivity contribution in [1.82, 2.24) is 9.55 Å². The number of hydrogen-bond donors (Lipinski definition) is 1. The van der Waals surface area contributed by atoms with Crippen molar-refractivity contribution < 1.29 is 4.74 Å². The van der Waals surface area contributed by atoms with E-state index in [4.69, 9.17) is 4.74 Å². The summed E-state index contributed by atoms with van der Waals surface area (Å²) in [6, 6.07) is 0. The highest BCUT2D eigenvalue weighted by Crippen LogP contribution is 2.08. The van der Waals surface area contributed by atoms with E-state index in [1.54, 1.807) is 0 Å². The SMILES string of the molecule is CCOC(C)CNc1nc(C)cn1CC. The molecular formula is C11H21N3O. The summed E-state index contributed by atoms with van der Waals surface area (Å²) >= 11 is 0. The van der Waals surface area contributed by atoms with E-state index in [-0.39, 0.29) is 6.10 Å². The van der Waals surface area contributed by atoms with Crippen molar-refractivity contribution in [3.63, 3.8) is 0 Å². The highest BCUT2D eigenvalue weighted by atomic mass is 16.5. The van der Waals surface area contributed by atoms with E-state index in [2.05, 4.69) is 28.7 Å². The summed E-state index contributed by atoms with van der Waals surface area (Å²) in [4.78, 5) is 4.41. The Balaban J connectivity index is 2.49. The van der Waals surface area contributed by atoms with Crippen molar-refractivity contribution in [2.75, 3.05) is 18.5 Å². The molecule has 0 radical (unpaired) electrons. The van der Waals surface area contributed by atoms with Crippen LogP contribution in [0.3, 0.4) is 0 Å². The fourth-order valence-corrected chi connectivity index (χ4v) is 1.51. The van der Waals surface area contributed by atoms with E-state index < -0.39 is 0 Å². The number of anilines is 1. The molecule has 0 fully saturated rings. The molecule has 1 N–H and O–H groups in total. The summed E-state index contributed by atoms with van der Waals surface area (Å²) in [7, 11) is 0. The van der Waals surface area contributed by atoms with Gasteiger partial charge in [0, 0.05) is 25.9 Å². The molecule has 1 unspecified atom stereocenters. The van der Waals surface area contributed by atoms with Crippen LogP contribution in [0.25, 0.3) is 0 Å². The number of aromatic nitrogens is 2. The third kappa shape index (κ3) is 3.55. The lowest BCUT2D eigenvalue weighted by molar-refractivity contribution is 0.0853. The lowest BCUT2D eigenvalue weighted by Gasteiger charge is -2.13. The second-order valence-electron chi connectivity index (χ2n) is 3.64. The third-order valence-electron chi connectivity index (χ3n) is 2.24. The second kappa shape index (κ2) is 5.75. The summed E-state index contributed by atoms with van der Waals surface area (Å²) in [6.45, 7) is 10.7. The molecule has 0 aliphatic rings. The van der Waals surface area contributed by atoms with Crippen molar-refractivity contribution in [3.05, 3.63) is 11.9 Å². The zero-order chi connectivity index (χ0) is 11.3. The molecule has 1 aromatic rings. The van der Waals surface area contributed by atoms with Gasteiger partial charge in [-0.3, -0.25) is 0 Å². The molecule has 4 nitrogen and oxygen atoms in total. The van der Waals surface area contributed by atoms with Crippen LogP contribution in [0.4, 0.5) is 5.95 Å². The average molecular weight is 211 g/mol. The molecule has 0 bridgehead atoms. The first kappa shape index (κ1) is 12.0. The largest absolute Gasteiger partial charge is 0.377 e. The normalized spacial score (nSPS) is 12.8. The minimum Gasteiger partial charge on any atom is -0.377 e. The van der Waals surface area contributed by atoms with Gasteiger partial charge in [-0.25, -0.2) is 4.98 Å². The predicted molar refractivity (Wildman–Crippen MR) is 62.2 cm³/mol. The van der Waals surface area contributed by atoms with Crippen molar-refractivity contribution in [2.45, 2.75) is 40.3 Å². The van der Waals surface area contributed by atoms with Crippen molar-refractivity contribution >= 4 is 5.95 Å². The number of imidazole rings is 1. The minimum absolute atomic E-state index is 0.220. The Bertz CT molecular complexity index is 296. The molecule has 0 amide bonds. The van der Waals surface area contributed by atoms with Crippen LogP contribution >= 0.6 is 0 Å². The fourth-order valence-electron chi connectivity index (χ4n) is 1.51. The van der Waals surface area contributed by atoms with Crippen molar-refractivity contribution in [3.8, 4) is 0 Å². The maximum atomic E-state index is 5.44. The van der Waals surface area contributed by atoms with Crippen molar-refractivity contribution in [1.29, 1.82) is 0 Å². The molecule has 1 aromatic heterocycles. The van der Waals surface area contributed by atoms with Gasteiger partial charge in [0.25, 0.3) is 0 Å². The topological polar surface area (TPSA) is 39.1 Å². The van der Waals surface area contributed by atoms with E-state index >= 15 is 0 Å². The van der Waals surface area contributed by atoms with Crippen LogP contribution in [0.1, 0.15) is 26.5 Å². The van der Waals surface area contributed by atoms with Gasteiger partial charge in [0.1, 0.15) is 0 Å². The number of rotatable bonds is 6. The quantitative estimate of drug-likeness (QED) is 0.782. The molecule has 86 valence electrons. The number of nitrogens with zero attached hydrogens (tertiary/aromatic N) is 2. The lowest BCUT2D eigenvalue weighted by atomic mass is 10.4. The van der Waals surface area contributed by atoms with Gasteiger partial charge in [0.05, 0.1) is 11.8 Å². The highest BCUT2D eigenvalue weighted by Gasteiger charge is 2.05. The van der Waals surface area contributed by atoms with Gasteiger partial charge in [-0.1, -0.05) is 0 Å². The summed E-state index contributed by atoms with van der Waals surface area (Å²) in [5.41, 5.74) is 1.04. The maximum Gasteiger partial charge on any atom is 0.203 e. The summed E-state index contributed by atoms with van der Waals surface area (Å²) in [5.74, 6) is 0.932. The molecule has 0 saturated heterocycles. The second-order valence-corrected chi connectivity index (χ2v) is 3.64. The van der Waals surface area contributed by atoms with E-state index in [1.807, 2.05) is 20.0 Å². The summed E-state index contributed by atoms with van der Waals surface area (Å²) < 4.78 is 7.55. The maximum absolute atomic E-state index is 5.44. The van der Waals surface area contributed by atoms with Gasteiger partial charge >= 0.3 is 0 Å². The van der Waals surface area contributed by atoms with Crippen molar-refractivity contribution in [2.24, 2.45) is 0 Å². The molecule has 4 heteroatoms. The van der Waals surface area contributed by atoms with E-state index in [1.165, 1.54) is 0 Å². The summed E-state index contributed by atoms with van der Waals surface area (Å²) in [5, 5.41) is 3.30. The van der Waals surface area contributed by atoms with E-state index in [9.17, 15) is 0 Å². The Labute approximate surface area is 91.7 Å². The Morgan fingerprint density at radius 1 is 1.53 bits per heavy atom. The van der Waals surface area contributed by atoms with Crippen LogP contribution in [0.15, 0.2) is 6.20 Å². The van der Waals surface area contributed by atoms with Gasteiger partial charge in [0.15, 0.2) is 0 Å². The molecule has 0 aromatic carbocycles. The number of nitrogens with one attached hydrogen (secondary N) is 1. The molecule has 15 heavy (non-hydrogen) atoms. The van der Waals surface area contributed by atoms with E-state index in [0.717, 1.165) is 31.3 Å². The Morgan fingerprint density at radius 3 is 2.87 bits per heavy atom. The first-order valence-electron chi connectivity index (χ1n) is 5.56. The zero-order valence-electron chi connectivity index (χ0n) is 10.1. The van der Waals surface area contributed by atoms with E-state index in [0.29, 0.717) is 0 Å². The number of aryl methyl sites for hydroxylation is 2. The predicted octanol–water partition coefficient (Wildman–Crippen LogP) is 2.05. The zero-order valence-corrected chi connectivity index (χ0v) is 10.1. The molecule has 1 atom stereocenters. The van der Waals surface area contributed by atoms with Crippen LogP contribution in [-0.4, -0.2) is 28.8 Å². The minimum atomic E-state index is 0.220. The fraction of sp³-hybridized carbons (Fsp3) is 0.727. The standard InChI is InChI=1S/C11H21N3O/c1-5-14-8-9(3)13-11(14)12-7-10(4)15-6-2/h8,10H,5-7H2,1-4H3,(H,12,13). The number of hydrogen-bond acceptors (Lipinski definition) is 3. The lowest BCUT2D eigenvalue weighted by Crippen LogP contribution is -2.21. The smallest absolute Gasteiger partial charge is 0.203 e. The van der Waals surface area contributed by atoms with Gasteiger partial charge in [0.2, 0.25) is 5.95 Å². The van der Waals surface area contributed by atoms with Gasteiger partial charge in [-0.05, 0) is 27.7 Å². The Morgan fingerprint density at radius 2 is 2.27 bits per heavy atom. The molecule has 1 rings (SSSR count). The van der Waals surface area contributed by atoms with Gasteiger partial charge in [-0.15, -0.1) is 0 Å². The molecule has 0 saturated carbocycles.